The van der Waals surface area contributed by atoms with Crippen LogP contribution in [0.15, 0.2) is 4.42 Å². The van der Waals surface area contributed by atoms with Gasteiger partial charge >= 0.3 is 6.01 Å². The van der Waals surface area contributed by atoms with E-state index in [9.17, 15) is 0 Å². The van der Waals surface area contributed by atoms with Crippen LogP contribution in [0.2, 0.25) is 0 Å². The lowest BCUT2D eigenvalue weighted by Crippen LogP contribution is -2.35. The largest absolute Gasteiger partial charge is 0.407 e. The first kappa shape index (κ1) is 13.9. The molecule has 20 heavy (non-hydrogen) atoms. The van der Waals surface area contributed by atoms with Crippen LogP contribution < -0.4 is 10.2 Å². The highest BCUT2D eigenvalue weighted by molar-refractivity contribution is 5.24. The van der Waals surface area contributed by atoms with Crippen LogP contribution in [-0.2, 0) is 6.54 Å². The molecule has 0 aliphatic heterocycles. The molecule has 0 amide bonds. The van der Waals surface area contributed by atoms with Gasteiger partial charge in [0.1, 0.15) is 0 Å². The van der Waals surface area contributed by atoms with Crippen LogP contribution in [0.4, 0.5) is 6.01 Å². The summed E-state index contributed by atoms with van der Waals surface area (Å²) in [5.41, 5.74) is 0. The predicted molar refractivity (Wildman–Crippen MR) is 78.6 cm³/mol. The maximum absolute atomic E-state index is 5.77. The summed E-state index contributed by atoms with van der Waals surface area (Å²) >= 11 is 0. The van der Waals surface area contributed by atoms with E-state index in [4.69, 9.17) is 4.42 Å². The summed E-state index contributed by atoms with van der Waals surface area (Å²) in [6.07, 6.45) is 9.02. The first-order valence-corrected chi connectivity index (χ1v) is 8.05. The van der Waals surface area contributed by atoms with E-state index >= 15 is 0 Å². The number of aromatic nitrogens is 2. The van der Waals surface area contributed by atoms with Gasteiger partial charge in [-0.1, -0.05) is 18.4 Å². The molecule has 1 aromatic rings. The topological polar surface area (TPSA) is 54.2 Å². The Morgan fingerprint density at radius 3 is 2.55 bits per heavy atom. The number of anilines is 1. The zero-order chi connectivity index (χ0) is 13.9. The maximum atomic E-state index is 5.77. The molecular formula is C15H26N4O. The summed E-state index contributed by atoms with van der Waals surface area (Å²) in [6.45, 7) is 3.00. The molecule has 1 heterocycles. The Labute approximate surface area is 121 Å². The molecule has 0 unspecified atom stereocenters. The van der Waals surface area contributed by atoms with Crippen molar-refractivity contribution < 1.29 is 4.42 Å². The van der Waals surface area contributed by atoms with Crippen LogP contribution in [0.5, 0.6) is 0 Å². The SMILES string of the molecule is CCC1CCC(N(C)c2nnc(CNC3CC3)o2)CC1. The minimum absolute atomic E-state index is 0.558. The molecule has 3 rings (SSSR count). The van der Waals surface area contributed by atoms with Crippen LogP contribution in [0, 0.1) is 5.92 Å². The molecule has 0 atom stereocenters. The third-order valence-corrected chi connectivity index (χ3v) is 4.82. The number of hydrogen-bond acceptors (Lipinski definition) is 5. The van der Waals surface area contributed by atoms with Gasteiger partial charge in [0.2, 0.25) is 5.89 Å². The fraction of sp³-hybridized carbons (Fsp3) is 0.867. The molecule has 112 valence electrons. The van der Waals surface area contributed by atoms with Crippen molar-refractivity contribution in [2.24, 2.45) is 5.92 Å². The average molecular weight is 278 g/mol. The maximum Gasteiger partial charge on any atom is 0.318 e. The van der Waals surface area contributed by atoms with Gasteiger partial charge in [-0.25, -0.2) is 0 Å². The van der Waals surface area contributed by atoms with Crippen LogP contribution in [0.3, 0.4) is 0 Å². The Morgan fingerprint density at radius 1 is 1.15 bits per heavy atom. The Hall–Kier alpha value is -1.10. The summed E-state index contributed by atoms with van der Waals surface area (Å²) < 4.78 is 5.77. The standard InChI is InChI=1S/C15H26N4O/c1-3-11-4-8-13(9-5-11)19(2)15-18-17-14(20-15)10-16-12-6-7-12/h11-13,16H,3-10H2,1-2H3. The molecule has 0 radical (unpaired) electrons. The minimum atomic E-state index is 0.558. The van der Waals surface area contributed by atoms with E-state index in [1.165, 1.54) is 44.9 Å². The van der Waals surface area contributed by atoms with Gasteiger partial charge in [0.05, 0.1) is 6.54 Å². The van der Waals surface area contributed by atoms with E-state index in [0.29, 0.717) is 30.5 Å². The third-order valence-electron chi connectivity index (χ3n) is 4.82. The van der Waals surface area contributed by atoms with Gasteiger partial charge in [-0.3, -0.25) is 0 Å². The van der Waals surface area contributed by atoms with E-state index in [-0.39, 0.29) is 0 Å². The zero-order valence-electron chi connectivity index (χ0n) is 12.6. The molecule has 0 bridgehead atoms. The van der Waals surface area contributed by atoms with E-state index in [2.05, 4.69) is 34.4 Å². The third kappa shape index (κ3) is 3.32. The van der Waals surface area contributed by atoms with Crippen LogP contribution >= 0.6 is 0 Å². The number of nitrogens with zero attached hydrogens (tertiary/aromatic N) is 3. The second-order valence-corrected chi connectivity index (χ2v) is 6.33. The Bertz CT molecular complexity index is 421. The van der Waals surface area contributed by atoms with Crippen molar-refractivity contribution in [3.8, 4) is 0 Å². The van der Waals surface area contributed by atoms with Crippen LogP contribution in [-0.4, -0.2) is 29.3 Å². The summed E-state index contributed by atoms with van der Waals surface area (Å²) in [5.74, 6) is 1.63. The van der Waals surface area contributed by atoms with Gasteiger partial charge in [-0.15, -0.1) is 5.10 Å². The highest BCUT2D eigenvalue weighted by atomic mass is 16.4. The highest BCUT2D eigenvalue weighted by Gasteiger charge is 2.26. The van der Waals surface area contributed by atoms with Crippen molar-refractivity contribution in [3.05, 3.63) is 5.89 Å². The molecule has 0 spiro atoms. The van der Waals surface area contributed by atoms with E-state index in [0.717, 1.165) is 5.92 Å². The lowest BCUT2D eigenvalue weighted by Gasteiger charge is -2.33. The monoisotopic (exact) mass is 278 g/mol. The molecular weight excluding hydrogens is 252 g/mol. The van der Waals surface area contributed by atoms with E-state index in [1.54, 1.807) is 0 Å². The first-order valence-electron chi connectivity index (χ1n) is 8.05. The first-order chi connectivity index (χ1) is 9.76. The normalized spacial score (nSPS) is 26.7. The predicted octanol–water partition coefficient (Wildman–Crippen LogP) is 2.73. The van der Waals surface area contributed by atoms with Gasteiger partial charge < -0.3 is 14.6 Å². The van der Waals surface area contributed by atoms with Crippen molar-refractivity contribution in [1.29, 1.82) is 0 Å². The van der Waals surface area contributed by atoms with E-state index < -0.39 is 0 Å². The average Bonchev–Trinajstić information content (AvgIpc) is 3.21. The van der Waals surface area contributed by atoms with Crippen molar-refractivity contribution in [2.75, 3.05) is 11.9 Å². The van der Waals surface area contributed by atoms with Crippen molar-refractivity contribution in [1.82, 2.24) is 15.5 Å². The van der Waals surface area contributed by atoms with Crippen molar-refractivity contribution >= 4 is 6.01 Å². The van der Waals surface area contributed by atoms with Crippen LogP contribution in [0.1, 0.15) is 57.8 Å². The Balaban J connectivity index is 1.52. The molecule has 1 N–H and O–H groups in total. The summed E-state index contributed by atoms with van der Waals surface area (Å²) in [5, 5.41) is 11.7. The lowest BCUT2D eigenvalue weighted by atomic mass is 9.84. The zero-order valence-corrected chi connectivity index (χ0v) is 12.6. The molecule has 5 nitrogen and oxygen atoms in total. The Kier molecular flexibility index (Phi) is 4.24. The molecule has 5 heteroatoms. The van der Waals surface area contributed by atoms with Crippen LogP contribution in [0.25, 0.3) is 0 Å². The number of nitrogens with one attached hydrogen (secondary N) is 1. The van der Waals surface area contributed by atoms with Gasteiger partial charge in [-0.05, 0) is 44.4 Å². The molecule has 0 aromatic carbocycles. The number of hydrogen-bond donors (Lipinski definition) is 1. The Morgan fingerprint density at radius 2 is 1.90 bits per heavy atom. The van der Waals surface area contributed by atoms with Crippen molar-refractivity contribution in [2.45, 2.75) is 70.5 Å². The second kappa shape index (κ2) is 6.12. The van der Waals surface area contributed by atoms with Gasteiger partial charge in [0.15, 0.2) is 0 Å². The van der Waals surface area contributed by atoms with Gasteiger partial charge in [0, 0.05) is 19.1 Å². The van der Waals surface area contributed by atoms with E-state index in [1.807, 2.05) is 0 Å². The molecule has 0 saturated heterocycles. The van der Waals surface area contributed by atoms with Gasteiger partial charge in [0.25, 0.3) is 0 Å². The summed E-state index contributed by atoms with van der Waals surface area (Å²) in [6, 6.07) is 1.91. The molecule has 2 fully saturated rings. The fourth-order valence-electron chi connectivity index (χ4n) is 3.07. The quantitative estimate of drug-likeness (QED) is 0.867. The molecule has 2 aliphatic rings. The van der Waals surface area contributed by atoms with Crippen molar-refractivity contribution in [3.63, 3.8) is 0 Å². The molecule has 2 aliphatic carbocycles. The minimum Gasteiger partial charge on any atom is -0.407 e. The fourth-order valence-corrected chi connectivity index (χ4v) is 3.07. The summed E-state index contributed by atoms with van der Waals surface area (Å²) in [4.78, 5) is 2.18. The molecule has 1 aromatic heterocycles. The number of rotatable bonds is 6. The second-order valence-electron chi connectivity index (χ2n) is 6.33. The smallest absolute Gasteiger partial charge is 0.318 e. The molecule has 2 saturated carbocycles. The summed E-state index contributed by atoms with van der Waals surface area (Å²) in [7, 11) is 2.09. The lowest BCUT2D eigenvalue weighted by molar-refractivity contribution is 0.306. The van der Waals surface area contributed by atoms with Gasteiger partial charge in [-0.2, -0.15) is 0 Å². The highest BCUT2D eigenvalue weighted by Crippen LogP contribution is 2.30.